The molecule has 0 saturated carbocycles. The lowest BCUT2D eigenvalue weighted by molar-refractivity contribution is -0.941. The van der Waals surface area contributed by atoms with E-state index in [1.165, 1.54) is 16.0 Å². The van der Waals surface area contributed by atoms with Gasteiger partial charge in [0.1, 0.15) is 19.6 Å². The van der Waals surface area contributed by atoms with Crippen molar-refractivity contribution >= 4 is 11.6 Å². The number of rotatable bonds is 8. The summed E-state index contributed by atoms with van der Waals surface area (Å²) in [7, 11) is 0. The van der Waals surface area contributed by atoms with Crippen molar-refractivity contribution in [2.24, 2.45) is 0 Å². The van der Waals surface area contributed by atoms with Gasteiger partial charge in [-0.3, -0.25) is 0 Å². The van der Waals surface area contributed by atoms with Gasteiger partial charge in [-0.05, 0) is 42.8 Å². The van der Waals surface area contributed by atoms with Crippen LogP contribution in [0.1, 0.15) is 44.1 Å². The van der Waals surface area contributed by atoms with E-state index in [-0.39, 0.29) is 5.54 Å². The highest BCUT2D eigenvalue weighted by Crippen LogP contribution is 2.18. The SMILES string of the molecule is CCC(C)(C)n1nnnc1C[NH+](Cc1ccccc1)Cc1ccc(Cl)cc1. The van der Waals surface area contributed by atoms with E-state index >= 15 is 0 Å². The quantitative estimate of drug-likeness (QED) is 0.648. The summed E-state index contributed by atoms with van der Waals surface area (Å²) in [6.45, 7) is 9.04. The number of aromatic nitrogens is 4. The Balaban J connectivity index is 1.83. The minimum Gasteiger partial charge on any atom is -0.321 e. The second-order valence-corrected chi connectivity index (χ2v) is 8.00. The van der Waals surface area contributed by atoms with E-state index in [4.69, 9.17) is 11.6 Å². The Morgan fingerprint density at radius 3 is 2.19 bits per heavy atom. The predicted molar refractivity (Wildman–Crippen MR) is 107 cm³/mol. The highest BCUT2D eigenvalue weighted by atomic mass is 35.5. The highest BCUT2D eigenvalue weighted by Gasteiger charge is 2.26. The van der Waals surface area contributed by atoms with E-state index in [2.05, 4.69) is 72.7 Å². The fourth-order valence-corrected chi connectivity index (χ4v) is 3.25. The summed E-state index contributed by atoms with van der Waals surface area (Å²) in [6.07, 6.45) is 0.968. The second-order valence-electron chi connectivity index (χ2n) is 7.57. The lowest BCUT2D eigenvalue weighted by atomic mass is 10.0. The summed E-state index contributed by atoms with van der Waals surface area (Å²) in [5, 5.41) is 13.3. The van der Waals surface area contributed by atoms with Crippen LogP contribution in [0, 0.1) is 0 Å². The third kappa shape index (κ3) is 5.15. The molecule has 27 heavy (non-hydrogen) atoms. The summed E-state index contributed by atoms with van der Waals surface area (Å²) < 4.78 is 1.97. The average Bonchev–Trinajstić information content (AvgIpc) is 3.13. The van der Waals surface area contributed by atoms with Crippen LogP contribution in [0.15, 0.2) is 54.6 Å². The van der Waals surface area contributed by atoms with Crippen molar-refractivity contribution < 1.29 is 4.90 Å². The minimum atomic E-state index is -0.100. The molecule has 6 heteroatoms. The van der Waals surface area contributed by atoms with Gasteiger partial charge in [0.25, 0.3) is 0 Å². The Kier molecular flexibility index (Phi) is 6.24. The molecule has 5 nitrogen and oxygen atoms in total. The van der Waals surface area contributed by atoms with Crippen molar-refractivity contribution in [2.75, 3.05) is 0 Å². The molecule has 1 N–H and O–H groups in total. The summed E-state index contributed by atoms with van der Waals surface area (Å²) in [5.74, 6) is 0.918. The number of hydrogen-bond donors (Lipinski definition) is 1. The third-order valence-corrected chi connectivity index (χ3v) is 5.30. The molecule has 0 spiro atoms. The van der Waals surface area contributed by atoms with Crippen LogP contribution in [0.5, 0.6) is 0 Å². The van der Waals surface area contributed by atoms with Crippen LogP contribution in [0.25, 0.3) is 0 Å². The maximum atomic E-state index is 6.04. The van der Waals surface area contributed by atoms with Gasteiger partial charge in [-0.2, -0.15) is 0 Å². The maximum absolute atomic E-state index is 6.04. The number of tetrazole rings is 1. The van der Waals surface area contributed by atoms with Crippen LogP contribution < -0.4 is 4.90 Å². The van der Waals surface area contributed by atoms with Gasteiger partial charge in [0.05, 0.1) is 5.54 Å². The van der Waals surface area contributed by atoms with Gasteiger partial charge in [0.15, 0.2) is 0 Å². The number of nitrogens with zero attached hydrogens (tertiary/aromatic N) is 4. The molecule has 3 aromatic rings. The lowest BCUT2D eigenvalue weighted by Crippen LogP contribution is -3.08. The Morgan fingerprint density at radius 2 is 1.56 bits per heavy atom. The molecule has 1 atom stereocenters. The molecule has 0 fully saturated rings. The van der Waals surface area contributed by atoms with Crippen molar-refractivity contribution in [3.8, 4) is 0 Å². The molecule has 0 aliphatic rings. The molecule has 0 saturated heterocycles. The van der Waals surface area contributed by atoms with Gasteiger partial charge in [0.2, 0.25) is 5.82 Å². The monoisotopic (exact) mass is 384 g/mol. The van der Waals surface area contributed by atoms with Crippen LogP contribution in [0.2, 0.25) is 5.02 Å². The normalized spacial score (nSPS) is 12.9. The summed E-state index contributed by atoms with van der Waals surface area (Å²) >= 11 is 6.04. The van der Waals surface area contributed by atoms with Gasteiger partial charge in [0, 0.05) is 16.1 Å². The molecule has 1 heterocycles. The third-order valence-electron chi connectivity index (χ3n) is 5.05. The molecule has 0 aliphatic carbocycles. The molecule has 3 rings (SSSR count). The first-order valence-electron chi connectivity index (χ1n) is 9.37. The van der Waals surface area contributed by atoms with Gasteiger partial charge in [-0.15, -0.1) is 5.10 Å². The van der Waals surface area contributed by atoms with E-state index < -0.39 is 0 Å². The fourth-order valence-electron chi connectivity index (χ4n) is 3.12. The highest BCUT2D eigenvalue weighted by molar-refractivity contribution is 6.30. The second kappa shape index (κ2) is 8.63. The summed E-state index contributed by atoms with van der Waals surface area (Å²) in [5.41, 5.74) is 2.45. The lowest BCUT2D eigenvalue weighted by Gasteiger charge is -2.25. The summed E-state index contributed by atoms with van der Waals surface area (Å²) in [6, 6.07) is 18.6. The van der Waals surface area contributed by atoms with E-state index in [0.29, 0.717) is 0 Å². The number of hydrogen-bond acceptors (Lipinski definition) is 3. The van der Waals surface area contributed by atoms with Crippen molar-refractivity contribution in [2.45, 2.75) is 52.4 Å². The van der Waals surface area contributed by atoms with Crippen molar-refractivity contribution in [1.82, 2.24) is 20.2 Å². The minimum absolute atomic E-state index is 0.100. The predicted octanol–water partition coefficient (Wildman–Crippen LogP) is 3.26. The first-order valence-corrected chi connectivity index (χ1v) is 9.75. The van der Waals surface area contributed by atoms with Crippen LogP contribution >= 0.6 is 11.6 Å². The standard InChI is InChI=1S/C21H26ClN5/c1-4-21(2,3)27-20(23-24-25-27)16-26(14-17-8-6-5-7-9-17)15-18-10-12-19(22)13-11-18/h5-13H,4,14-16H2,1-3H3/p+1. The fraction of sp³-hybridized carbons (Fsp3) is 0.381. The average molecular weight is 385 g/mol. The van der Waals surface area contributed by atoms with Gasteiger partial charge in [-0.25, -0.2) is 4.68 Å². The van der Waals surface area contributed by atoms with Crippen LogP contribution in [-0.4, -0.2) is 20.2 Å². The first kappa shape index (κ1) is 19.5. The van der Waals surface area contributed by atoms with E-state index in [1.807, 2.05) is 22.9 Å². The molecular formula is C21H27ClN5+. The topological polar surface area (TPSA) is 48.0 Å². The number of nitrogens with one attached hydrogen (secondary N) is 1. The molecule has 0 radical (unpaired) electrons. The molecule has 0 aliphatic heterocycles. The van der Waals surface area contributed by atoms with E-state index in [9.17, 15) is 0 Å². The zero-order valence-electron chi connectivity index (χ0n) is 16.2. The molecule has 0 amide bonds. The number of quaternary nitrogens is 1. The number of benzene rings is 2. The van der Waals surface area contributed by atoms with Crippen molar-refractivity contribution in [3.63, 3.8) is 0 Å². The Morgan fingerprint density at radius 1 is 0.926 bits per heavy atom. The first-order chi connectivity index (χ1) is 13.0. The Labute approximate surface area is 166 Å². The number of halogens is 1. The maximum Gasteiger partial charge on any atom is 0.206 e. The van der Waals surface area contributed by atoms with Crippen molar-refractivity contribution in [3.05, 3.63) is 76.6 Å². The molecular weight excluding hydrogens is 358 g/mol. The Bertz CT molecular complexity index is 843. The van der Waals surface area contributed by atoms with E-state index in [1.54, 1.807) is 0 Å². The molecule has 1 aromatic heterocycles. The molecule has 1 unspecified atom stereocenters. The van der Waals surface area contributed by atoms with Crippen molar-refractivity contribution in [1.29, 1.82) is 0 Å². The van der Waals surface area contributed by atoms with Gasteiger partial charge in [-0.1, -0.05) is 61.0 Å². The zero-order valence-corrected chi connectivity index (χ0v) is 16.9. The van der Waals surface area contributed by atoms with Crippen LogP contribution in [0.4, 0.5) is 0 Å². The van der Waals surface area contributed by atoms with Gasteiger partial charge < -0.3 is 4.90 Å². The zero-order chi connectivity index (χ0) is 19.3. The Hall–Kier alpha value is -2.24. The molecule has 0 bridgehead atoms. The molecule has 142 valence electrons. The van der Waals surface area contributed by atoms with Gasteiger partial charge >= 0.3 is 0 Å². The largest absolute Gasteiger partial charge is 0.321 e. The smallest absolute Gasteiger partial charge is 0.206 e. The van der Waals surface area contributed by atoms with Crippen LogP contribution in [-0.2, 0) is 25.2 Å². The summed E-state index contributed by atoms with van der Waals surface area (Å²) in [4.78, 5) is 1.38. The van der Waals surface area contributed by atoms with Crippen LogP contribution in [0.3, 0.4) is 0 Å². The molecule has 2 aromatic carbocycles. The van der Waals surface area contributed by atoms with E-state index in [0.717, 1.165) is 36.9 Å².